The number of amides is 2. The smallest absolute Gasteiger partial charge is 0.229 e. The van der Waals surface area contributed by atoms with Crippen LogP contribution in [0.25, 0.3) is 5.69 Å². The number of anilines is 2. The number of nitrogens with zero attached hydrogens (tertiary/aromatic N) is 3. The Morgan fingerprint density at radius 2 is 2.14 bits per heavy atom. The molecule has 2 heterocycles. The molecule has 0 bridgehead atoms. The fourth-order valence-electron chi connectivity index (χ4n) is 3.35. The second-order valence-corrected chi connectivity index (χ2v) is 7.14. The van der Waals surface area contributed by atoms with Gasteiger partial charge >= 0.3 is 0 Å². The molecule has 0 saturated carbocycles. The van der Waals surface area contributed by atoms with Crippen LogP contribution in [0.3, 0.4) is 0 Å². The molecule has 1 aliphatic heterocycles. The average molecular weight is 411 g/mol. The molecule has 0 radical (unpaired) electrons. The van der Waals surface area contributed by atoms with E-state index in [0.717, 1.165) is 11.4 Å². The minimum Gasteiger partial charge on any atom is -0.497 e. The summed E-state index contributed by atoms with van der Waals surface area (Å²) in [5, 5.41) is 3.35. The molecule has 1 aromatic heterocycles. The highest BCUT2D eigenvalue weighted by molar-refractivity contribution is 6.32. The lowest BCUT2D eigenvalue weighted by atomic mass is 10.1. The van der Waals surface area contributed by atoms with E-state index in [-0.39, 0.29) is 18.2 Å². The van der Waals surface area contributed by atoms with Gasteiger partial charge in [0, 0.05) is 42.8 Å². The maximum absolute atomic E-state index is 12.7. The van der Waals surface area contributed by atoms with E-state index in [1.165, 1.54) is 0 Å². The summed E-state index contributed by atoms with van der Waals surface area (Å²) in [5.74, 6) is -0.0845. The van der Waals surface area contributed by atoms with Crippen molar-refractivity contribution in [2.45, 2.75) is 6.42 Å². The molecule has 0 spiro atoms. The van der Waals surface area contributed by atoms with Crippen LogP contribution in [0.5, 0.6) is 5.75 Å². The van der Waals surface area contributed by atoms with Crippen molar-refractivity contribution in [2.24, 2.45) is 5.92 Å². The van der Waals surface area contributed by atoms with Crippen molar-refractivity contribution < 1.29 is 14.3 Å². The van der Waals surface area contributed by atoms with Gasteiger partial charge in [0.05, 0.1) is 30.1 Å². The number of aromatic nitrogens is 2. The van der Waals surface area contributed by atoms with E-state index in [1.807, 2.05) is 24.3 Å². The lowest BCUT2D eigenvalue weighted by molar-refractivity contribution is -0.122. The van der Waals surface area contributed by atoms with Gasteiger partial charge in [-0.1, -0.05) is 17.7 Å². The average Bonchev–Trinajstić information content (AvgIpc) is 3.38. The Kier molecular flexibility index (Phi) is 5.22. The molecule has 7 nitrogen and oxygen atoms in total. The number of benzene rings is 2. The van der Waals surface area contributed by atoms with Gasteiger partial charge in [-0.15, -0.1) is 0 Å². The normalized spacial score (nSPS) is 16.1. The standard InChI is InChI=1S/C21H19ClN4O3/c1-29-17-4-2-3-16(11-17)26-12-14(9-20(26)27)21(28)24-15-5-6-19(18(22)10-15)25-8-7-23-13-25/h2-8,10-11,13-14H,9,12H2,1H3,(H,24,28). The topological polar surface area (TPSA) is 76.5 Å². The second kappa shape index (κ2) is 7.97. The Balaban J connectivity index is 1.45. The maximum Gasteiger partial charge on any atom is 0.229 e. The van der Waals surface area contributed by atoms with E-state index in [2.05, 4.69) is 10.3 Å². The van der Waals surface area contributed by atoms with E-state index in [0.29, 0.717) is 23.0 Å². The molecule has 0 aliphatic carbocycles. The summed E-state index contributed by atoms with van der Waals surface area (Å²) in [5.41, 5.74) is 2.07. The minimum atomic E-state index is -0.444. The summed E-state index contributed by atoms with van der Waals surface area (Å²) in [6.07, 6.45) is 5.26. The summed E-state index contributed by atoms with van der Waals surface area (Å²) >= 11 is 6.34. The molecule has 1 N–H and O–H groups in total. The molecule has 8 heteroatoms. The summed E-state index contributed by atoms with van der Waals surface area (Å²) in [7, 11) is 1.57. The first-order chi connectivity index (χ1) is 14.0. The van der Waals surface area contributed by atoms with Crippen LogP contribution in [-0.4, -0.2) is 35.0 Å². The zero-order chi connectivity index (χ0) is 20.4. The third-order valence-corrected chi connectivity index (χ3v) is 5.16. The maximum atomic E-state index is 12.7. The Morgan fingerprint density at radius 1 is 1.28 bits per heavy atom. The molecular formula is C21H19ClN4O3. The van der Waals surface area contributed by atoms with Crippen LogP contribution in [0.2, 0.25) is 5.02 Å². The van der Waals surface area contributed by atoms with Gasteiger partial charge in [-0.3, -0.25) is 9.59 Å². The number of carbonyl (C=O) groups is 2. The molecule has 2 amide bonds. The van der Waals surface area contributed by atoms with E-state index in [1.54, 1.807) is 53.5 Å². The summed E-state index contributed by atoms with van der Waals surface area (Å²) in [4.78, 5) is 30.8. The Morgan fingerprint density at radius 3 is 2.86 bits per heavy atom. The minimum absolute atomic E-state index is 0.0908. The van der Waals surface area contributed by atoms with Crippen molar-refractivity contribution in [1.82, 2.24) is 9.55 Å². The first-order valence-corrected chi connectivity index (χ1v) is 9.46. The van der Waals surface area contributed by atoms with Crippen LogP contribution >= 0.6 is 11.6 Å². The quantitative estimate of drug-likeness (QED) is 0.698. The molecule has 2 aromatic carbocycles. The van der Waals surface area contributed by atoms with Crippen LogP contribution in [0.4, 0.5) is 11.4 Å². The molecule has 1 atom stereocenters. The van der Waals surface area contributed by atoms with Gasteiger partial charge in [0.1, 0.15) is 5.75 Å². The summed E-state index contributed by atoms with van der Waals surface area (Å²) in [6.45, 7) is 0.318. The van der Waals surface area contributed by atoms with Gasteiger partial charge in [-0.2, -0.15) is 0 Å². The molecule has 29 heavy (non-hydrogen) atoms. The van der Waals surface area contributed by atoms with Crippen LogP contribution < -0.4 is 15.0 Å². The number of ether oxygens (including phenoxy) is 1. The lowest BCUT2D eigenvalue weighted by Gasteiger charge is -2.17. The van der Waals surface area contributed by atoms with Gasteiger partial charge in [0.25, 0.3) is 0 Å². The Labute approximate surface area is 172 Å². The van der Waals surface area contributed by atoms with Crippen molar-refractivity contribution >= 4 is 34.8 Å². The largest absolute Gasteiger partial charge is 0.497 e. The highest BCUT2D eigenvalue weighted by Gasteiger charge is 2.35. The molecule has 1 unspecified atom stereocenters. The SMILES string of the molecule is COc1cccc(N2CC(C(=O)Nc3ccc(-n4ccnc4)c(Cl)c3)CC2=O)c1. The van der Waals surface area contributed by atoms with Crippen LogP contribution in [0.1, 0.15) is 6.42 Å². The van der Waals surface area contributed by atoms with Gasteiger partial charge < -0.3 is 19.5 Å². The number of hydrogen-bond donors (Lipinski definition) is 1. The Bertz CT molecular complexity index is 1050. The predicted molar refractivity (Wildman–Crippen MR) is 111 cm³/mol. The van der Waals surface area contributed by atoms with Crippen molar-refractivity contribution in [2.75, 3.05) is 23.9 Å². The van der Waals surface area contributed by atoms with Crippen molar-refractivity contribution in [3.05, 3.63) is 66.2 Å². The highest BCUT2D eigenvalue weighted by atomic mass is 35.5. The van der Waals surface area contributed by atoms with Gasteiger partial charge in [-0.25, -0.2) is 4.98 Å². The number of hydrogen-bond acceptors (Lipinski definition) is 4. The highest BCUT2D eigenvalue weighted by Crippen LogP contribution is 2.29. The summed E-state index contributed by atoms with van der Waals surface area (Å²) in [6, 6.07) is 12.5. The predicted octanol–water partition coefficient (Wildman–Crippen LogP) is 3.53. The third kappa shape index (κ3) is 3.95. The first-order valence-electron chi connectivity index (χ1n) is 9.08. The van der Waals surface area contributed by atoms with E-state index >= 15 is 0 Å². The molecule has 4 rings (SSSR count). The number of rotatable bonds is 5. The Hall–Kier alpha value is -3.32. The van der Waals surface area contributed by atoms with E-state index in [4.69, 9.17) is 16.3 Å². The van der Waals surface area contributed by atoms with E-state index < -0.39 is 5.92 Å². The monoisotopic (exact) mass is 410 g/mol. The van der Waals surface area contributed by atoms with Gasteiger partial charge in [-0.05, 0) is 30.3 Å². The number of halogens is 1. The van der Waals surface area contributed by atoms with Crippen molar-refractivity contribution in [3.8, 4) is 11.4 Å². The van der Waals surface area contributed by atoms with E-state index in [9.17, 15) is 9.59 Å². The molecule has 3 aromatic rings. The van der Waals surface area contributed by atoms with Crippen LogP contribution in [-0.2, 0) is 9.59 Å². The van der Waals surface area contributed by atoms with Crippen molar-refractivity contribution in [1.29, 1.82) is 0 Å². The van der Waals surface area contributed by atoms with Crippen LogP contribution in [0.15, 0.2) is 61.2 Å². The third-order valence-electron chi connectivity index (χ3n) is 4.86. The number of imidazole rings is 1. The van der Waals surface area contributed by atoms with Gasteiger partial charge in [0.15, 0.2) is 0 Å². The van der Waals surface area contributed by atoms with Gasteiger partial charge in [0.2, 0.25) is 11.8 Å². The second-order valence-electron chi connectivity index (χ2n) is 6.73. The molecule has 148 valence electrons. The molecule has 1 aliphatic rings. The fraction of sp³-hybridized carbons (Fsp3) is 0.190. The summed E-state index contributed by atoms with van der Waals surface area (Å²) < 4.78 is 7.00. The molecular weight excluding hydrogens is 392 g/mol. The lowest BCUT2D eigenvalue weighted by Crippen LogP contribution is -2.28. The molecule has 1 fully saturated rings. The van der Waals surface area contributed by atoms with Crippen LogP contribution in [0, 0.1) is 5.92 Å². The number of nitrogens with one attached hydrogen (secondary N) is 1. The fourth-order valence-corrected chi connectivity index (χ4v) is 3.63. The number of carbonyl (C=O) groups excluding carboxylic acids is 2. The van der Waals surface area contributed by atoms with Crippen molar-refractivity contribution in [3.63, 3.8) is 0 Å². The zero-order valence-corrected chi connectivity index (χ0v) is 16.5. The molecule has 1 saturated heterocycles. The number of methoxy groups -OCH3 is 1. The first kappa shape index (κ1) is 19.0. The zero-order valence-electron chi connectivity index (χ0n) is 15.7.